The monoisotopic (exact) mass is 425 g/mol. The normalized spacial score (nSPS) is 15.9. The number of benzene rings is 2. The third kappa shape index (κ3) is 5.33. The van der Waals surface area contributed by atoms with E-state index < -0.39 is 0 Å². The fourth-order valence-corrected chi connectivity index (χ4v) is 3.63. The molecule has 3 aromatic rings. The Hall–Kier alpha value is -2.99. The third-order valence-electron chi connectivity index (χ3n) is 5.17. The molecule has 2 heterocycles. The Bertz CT molecular complexity index is 959. The van der Waals surface area contributed by atoms with Crippen LogP contribution in [0.15, 0.2) is 60.7 Å². The lowest BCUT2D eigenvalue weighted by Gasteiger charge is -2.16. The van der Waals surface area contributed by atoms with Gasteiger partial charge in [-0.15, -0.1) is 0 Å². The number of para-hydroxylation sites is 1. The van der Waals surface area contributed by atoms with E-state index in [1.165, 1.54) is 0 Å². The van der Waals surface area contributed by atoms with Gasteiger partial charge >= 0.3 is 0 Å². The van der Waals surface area contributed by atoms with Crippen LogP contribution < -0.4 is 9.47 Å². The molecule has 1 aromatic heterocycles. The van der Waals surface area contributed by atoms with Crippen LogP contribution in [0.2, 0.25) is 5.02 Å². The van der Waals surface area contributed by atoms with Crippen LogP contribution in [0.3, 0.4) is 0 Å². The summed E-state index contributed by atoms with van der Waals surface area (Å²) >= 11 is 5.88. The molecule has 1 saturated heterocycles. The van der Waals surface area contributed by atoms with Crippen molar-refractivity contribution in [3.63, 3.8) is 0 Å². The maximum atomic E-state index is 12.4. The van der Waals surface area contributed by atoms with Crippen LogP contribution in [0.4, 0.5) is 0 Å². The molecule has 30 heavy (non-hydrogen) atoms. The van der Waals surface area contributed by atoms with Gasteiger partial charge in [-0.3, -0.25) is 9.89 Å². The number of carbonyl (C=O) groups is 1. The van der Waals surface area contributed by atoms with Crippen LogP contribution in [0, 0.1) is 0 Å². The highest BCUT2D eigenvalue weighted by Crippen LogP contribution is 2.26. The van der Waals surface area contributed by atoms with Crippen LogP contribution in [0.25, 0.3) is 0 Å². The number of halogens is 1. The van der Waals surface area contributed by atoms with Crippen LogP contribution in [-0.2, 0) is 11.2 Å². The number of likely N-dealkylation sites (tertiary alicyclic amines) is 1. The van der Waals surface area contributed by atoms with Crippen molar-refractivity contribution >= 4 is 17.5 Å². The highest BCUT2D eigenvalue weighted by atomic mass is 35.5. The Balaban J connectivity index is 1.23. The minimum absolute atomic E-state index is 0.00785. The van der Waals surface area contributed by atoms with Crippen LogP contribution in [-0.4, -0.2) is 47.3 Å². The highest BCUT2D eigenvalue weighted by Gasteiger charge is 2.29. The molecule has 2 aromatic carbocycles. The van der Waals surface area contributed by atoms with Crippen molar-refractivity contribution in [2.75, 3.05) is 26.3 Å². The van der Waals surface area contributed by atoms with E-state index in [0.717, 1.165) is 36.5 Å². The van der Waals surface area contributed by atoms with Crippen molar-refractivity contribution in [2.45, 2.75) is 18.8 Å². The Morgan fingerprint density at radius 1 is 1.10 bits per heavy atom. The number of hydrogen-bond acceptors (Lipinski definition) is 4. The second kappa shape index (κ2) is 9.67. The van der Waals surface area contributed by atoms with Crippen molar-refractivity contribution in [2.24, 2.45) is 0 Å². The van der Waals surface area contributed by atoms with Crippen molar-refractivity contribution in [1.82, 2.24) is 15.1 Å². The average Bonchev–Trinajstić information content (AvgIpc) is 3.44. The van der Waals surface area contributed by atoms with E-state index in [4.69, 9.17) is 21.1 Å². The minimum Gasteiger partial charge on any atom is -0.493 e. The van der Waals surface area contributed by atoms with Gasteiger partial charge in [-0.2, -0.15) is 5.10 Å². The minimum atomic E-state index is 0.00785. The van der Waals surface area contributed by atoms with Gasteiger partial charge in [0.15, 0.2) is 6.61 Å². The summed E-state index contributed by atoms with van der Waals surface area (Å²) in [6, 6.07) is 18.8. The predicted molar refractivity (Wildman–Crippen MR) is 115 cm³/mol. The Kier molecular flexibility index (Phi) is 6.54. The lowest BCUT2D eigenvalue weighted by molar-refractivity contribution is -0.132. The lowest BCUT2D eigenvalue weighted by Crippen LogP contribution is -2.32. The summed E-state index contributed by atoms with van der Waals surface area (Å²) in [5.41, 5.74) is 2.02. The first-order valence-corrected chi connectivity index (χ1v) is 10.4. The molecule has 0 unspecified atom stereocenters. The fourth-order valence-electron chi connectivity index (χ4n) is 3.51. The second-order valence-corrected chi connectivity index (χ2v) is 7.73. The molecule has 1 fully saturated rings. The number of amides is 1. The molecular weight excluding hydrogens is 402 g/mol. The van der Waals surface area contributed by atoms with Crippen LogP contribution in [0.5, 0.6) is 11.5 Å². The molecule has 1 atom stereocenters. The number of rotatable bonds is 8. The van der Waals surface area contributed by atoms with Crippen molar-refractivity contribution < 1.29 is 14.3 Å². The quantitative estimate of drug-likeness (QED) is 0.590. The van der Waals surface area contributed by atoms with Gasteiger partial charge in [0.25, 0.3) is 5.91 Å². The first-order chi connectivity index (χ1) is 14.7. The molecule has 0 saturated carbocycles. The SMILES string of the molecule is O=C(COc1ccccc1)N1CC[C@@H](c2cc(CCOc3ccc(Cl)cc3)[nH]n2)C1. The summed E-state index contributed by atoms with van der Waals surface area (Å²) in [7, 11) is 0. The number of ether oxygens (including phenoxy) is 2. The van der Waals surface area contributed by atoms with E-state index in [0.29, 0.717) is 23.9 Å². The Morgan fingerprint density at radius 2 is 1.87 bits per heavy atom. The van der Waals surface area contributed by atoms with Gasteiger partial charge in [-0.1, -0.05) is 29.8 Å². The van der Waals surface area contributed by atoms with E-state index in [-0.39, 0.29) is 18.4 Å². The second-order valence-electron chi connectivity index (χ2n) is 7.30. The number of nitrogens with one attached hydrogen (secondary N) is 1. The summed E-state index contributed by atoms with van der Waals surface area (Å²) in [6.45, 7) is 2.01. The average molecular weight is 426 g/mol. The number of nitrogens with zero attached hydrogens (tertiary/aromatic N) is 2. The summed E-state index contributed by atoms with van der Waals surface area (Å²) in [5, 5.41) is 8.24. The van der Waals surface area contributed by atoms with Gasteiger partial charge in [0, 0.05) is 36.1 Å². The van der Waals surface area contributed by atoms with Crippen LogP contribution in [0.1, 0.15) is 23.7 Å². The van der Waals surface area contributed by atoms with E-state index >= 15 is 0 Å². The number of aromatic amines is 1. The molecule has 6 nitrogen and oxygen atoms in total. The smallest absolute Gasteiger partial charge is 0.260 e. The molecule has 0 bridgehead atoms. The Morgan fingerprint density at radius 3 is 2.67 bits per heavy atom. The molecule has 156 valence electrons. The zero-order valence-corrected chi connectivity index (χ0v) is 17.3. The van der Waals surface area contributed by atoms with Crippen molar-refractivity contribution in [3.8, 4) is 11.5 Å². The van der Waals surface area contributed by atoms with Crippen molar-refractivity contribution in [3.05, 3.63) is 77.1 Å². The highest BCUT2D eigenvalue weighted by molar-refractivity contribution is 6.30. The van der Waals surface area contributed by atoms with Gasteiger partial charge in [-0.25, -0.2) is 0 Å². The van der Waals surface area contributed by atoms with Gasteiger partial charge in [0.2, 0.25) is 0 Å². The number of hydrogen-bond donors (Lipinski definition) is 1. The molecule has 1 amide bonds. The Labute approximate surface area is 180 Å². The van der Waals surface area contributed by atoms with Crippen molar-refractivity contribution in [1.29, 1.82) is 0 Å². The maximum absolute atomic E-state index is 12.4. The molecule has 1 N–H and O–H groups in total. The largest absolute Gasteiger partial charge is 0.493 e. The molecular formula is C23H24ClN3O3. The molecule has 0 aliphatic carbocycles. The maximum Gasteiger partial charge on any atom is 0.260 e. The third-order valence-corrected chi connectivity index (χ3v) is 5.42. The summed E-state index contributed by atoms with van der Waals surface area (Å²) in [6.07, 6.45) is 1.64. The zero-order chi connectivity index (χ0) is 20.8. The number of carbonyl (C=O) groups excluding carboxylic acids is 1. The molecule has 0 spiro atoms. The van der Waals surface area contributed by atoms with E-state index in [1.54, 1.807) is 0 Å². The predicted octanol–water partition coefficient (Wildman–Crippen LogP) is 4.08. The zero-order valence-electron chi connectivity index (χ0n) is 16.6. The summed E-state index contributed by atoms with van der Waals surface area (Å²) < 4.78 is 11.3. The lowest BCUT2D eigenvalue weighted by atomic mass is 10.0. The molecule has 7 heteroatoms. The van der Waals surface area contributed by atoms with Gasteiger partial charge in [0.1, 0.15) is 11.5 Å². The van der Waals surface area contributed by atoms with E-state index in [2.05, 4.69) is 16.3 Å². The summed E-state index contributed by atoms with van der Waals surface area (Å²) in [5.74, 6) is 1.75. The fraction of sp³-hybridized carbons (Fsp3) is 0.304. The first kappa shape index (κ1) is 20.3. The molecule has 1 aliphatic heterocycles. The number of H-pyrrole nitrogens is 1. The topological polar surface area (TPSA) is 67.4 Å². The standard InChI is InChI=1S/C23H24ClN3O3/c24-18-6-8-21(9-7-18)29-13-11-19-14-22(26-25-19)17-10-12-27(15-17)23(28)16-30-20-4-2-1-3-5-20/h1-9,14,17H,10-13,15-16H2,(H,25,26)/t17-/m1/s1. The summed E-state index contributed by atoms with van der Waals surface area (Å²) in [4.78, 5) is 14.3. The molecule has 1 aliphatic rings. The molecule has 0 radical (unpaired) electrons. The van der Waals surface area contributed by atoms with Gasteiger partial charge in [-0.05, 0) is 48.9 Å². The van der Waals surface area contributed by atoms with E-state index in [9.17, 15) is 4.79 Å². The molecule has 4 rings (SSSR count). The van der Waals surface area contributed by atoms with E-state index in [1.807, 2.05) is 59.5 Å². The number of aromatic nitrogens is 2. The van der Waals surface area contributed by atoms with Crippen LogP contribution >= 0.6 is 11.6 Å². The first-order valence-electron chi connectivity index (χ1n) is 10.1. The van der Waals surface area contributed by atoms with Gasteiger partial charge in [0.05, 0.1) is 12.3 Å². The van der Waals surface area contributed by atoms with Gasteiger partial charge < -0.3 is 14.4 Å².